The summed E-state index contributed by atoms with van der Waals surface area (Å²) in [5.74, 6) is 0.0254. The summed E-state index contributed by atoms with van der Waals surface area (Å²) in [7, 11) is 0. The maximum atomic E-state index is 12.6. The molecule has 1 fully saturated rings. The quantitative estimate of drug-likeness (QED) is 0.934. The van der Waals surface area contributed by atoms with Gasteiger partial charge in [-0.2, -0.15) is 0 Å². The number of nitrogens with one attached hydrogen (secondary N) is 1. The lowest BCUT2D eigenvalue weighted by Gasteiger charge is -2.31. The Balaban J connectivity index is 1.87. The SMILES string of the molecule is CSC1(CC(=O)N2CCCCC2)C(=O)Nc2ccccc21. The fraction of sp³-hybridized carbons (Fsp3) is 0.500. The summed E-state index contributed by atoms with van der Waals surface area (Å²) in [6, 6.07) is 7.68. The van der Waals surface area contributed by atoms with E-state index in [2.05, 4.69) is 5.32 Å². The maximum Gasteiger partial charge on any atom is 0.245 e. The molecule has 0 spiro atoms. The molecule has 1 saturated heterocycles. The zero-order valence-corrected chi connectivity index (χ0v) is 13.0. The highest BCUT2D eigenvalue weighted by Crippen LogP contribution is 2.47. The van der Waals surface area contributed by atoms with Crippen LogP contribution in [-0.2, 0) is 14.3 Å². The average Bonchev–Trinajstić information content (AvgIpc) is 2.81. The number of benzene rings is 1. The van der Waals surface area contributed by atoms with E-state index in [1.54, 1.807) is 0 Å². The predicted molar refractivity (Wildman–Crippen MR) is 85.3 cm³/mol. The van der Waals surface area contributed by atoms with E-state index in [0.717, 1.165) is 37.2 Å². The van der Waals surface area contributed by atoms with Crippen molar-refractivity contribution in [2.45, 2.75) is 30.4 Å². The fourth-order valence-corrected chi connectivity index (χ4v) is 4.11. The van der Waals surface area contributed by atoms with Gasteiger partial charge in [0, 0.05) is 24.3 Å². The van der Waals surface area contributed by atoms with Crippen molar-refractivity contribution < 1.29 is 9.59 Å². The fourth-order valence-electron chi connectivity index (χ4n) is 3.21. The van der Waals surface area contributed by atoms with Gasteiger partial charge >= 0.3 is 0 Å². The van der Waals surface area contributed by atoms with Crippen LogP contribution in [0.25, 0.3) is 0 Å². The number of nitrogens with zero attached hydrogens (tertiary/aromatic N) is 1. The Labute approximate surface area is 129 Å². The van der Waals surface area contributed by atoms with Crippen LogP contribution < -0.4 is 5.32 Å². The number of hydrogen-bond donors (Lipinski definition) is 1. The number of carbonyl (C=O) groups is 2. The van der Waals surface area contributed by atoms with Crippen LogP contribution in [0.5, 0.6) is 0 Å². The van der Waals surface area contributed by atoms with E-state index in [4.69, 9.17) is 0 Å². The van der Waals surface area contributed by atoms with Gasteiger partial charge in [-0.05, 0) is 31.6 Å². The van der Waals surface area contributed by atoms with Gasteiger partial charge in [-0.25, -0.2) is 0 Å². The lowest BCUT2D eigenvalue weighted by molar-refractivity contribution is -0.134. The molecule has 0 radical (unpaired) electrons. The van der Waals surface area contributed by atoms with Gasteiger partial charge in [0.05, 0.1) is 6.42 Å². The molecule has 0 aromatic heterocycles. The van der Waals surface area contributed by atoms with Gasteiger partial charge in [-0.1, -0.05) is 18.2 Å². The van der Waals surface area contributed by atoms with E-state index >= 15 is 0 Å². The smallest absolute Gasteiger partial charge is 0.245 e. The predicted octanol–water partition coefficient (Wildman–Crippen LogP) is 2.60. The second-order valence-corrected chi connectivity index (χ2v) is 6.75. The minimum atomic E-state index is -0.773. The molecule has 0 saturated carbocycles. The van der Waals surface area contributed by atoms with Gasteiger partial charge in [0.25, 0.3) is 0 Å². The molecule has 1 atom stereocenters. The first-order valence-electron chi connectivity index (χ1n) is 7.41. The molecule has 1 aromatic rings. The summed E-state index contributed by atoms with van der Waals surface area (Å²) in [4.78, 5) is 27.0. The second-order valence-electron chi connectivity index (χ2n) is 5.65. The summed E-state index contributed by atoms with van der Waals surface area (Å²) >= 11 is 1.46. The standard InChI is InChI=1S/C16H20N2O2S/c1-21-16(11-14(19)18-9-5-2-6-10-18)12-7-3-4-8-13(12)17-15(16)20/h3-4,7-8H,2,5-6,9-11H2,1H3,(H,17,20). The van der Waals surface area contributed by atoms with Gasteiger partial charge in [0.2, 0.25) is 11.8 Å². The van der Waals surface area contributed by atoms with Gasteiger partial charge in [-0.15, -0.1) is 11.8 Å². The molecule has 5 heteroatoms. The Morgan fingerprint density at radius 1 is 1.29 bits per heavy atom. The third-order valence-corrected chi connectivity index (χ3v) is 5.68. The zero-order chi connectivity index (χ0) is 14.9. The average molecular weight is 304 g/mol. The van der Waals surface area contributed by atoms with Crippen LogP contribution in [0.1, 0.15) is 31.2 Å². The largest absolute Gasteiger partial charge is 0.343 e. The van der Waals surface area contributed by atoms with E-state index in [-0.39, 0.29) is 18.2 Å². The Morgan fingerprint density at radius 3 is 2.71 bits per heavy atom. The first-order chi connectivity index (χ1) is 10.2. The monoisotopic (exact) mass is 304 g/mol. The molecule has 0 aliphatic carbocycles. The van der Waals surface area contributed by atoms with E-state index in [9.17, 15) is 9.59 Å². The summed E-state index contributed by atoms with van der Waals surface area (Å²) in [5.41, 5.74) is 1.77. The molecule has 21 heavy (non-hydrogen) atoms. The van der Waals surface area contributed by atoms with Crippen LogP contribution in [-0.4, -0.2) is 36.1 Å². The Bertz CT molecular complexity index is 569. The van der Waals surface area contributed by atoms with Gasteiger partial charge in [0.1, 0.15) is 4.75 Å². The first-order valence-corrected chi connectivity index (χ1v) is 8.64. The zero-order valence-electron chi connectivity index (χ0n) is 12.2. The maximum absolute atomic E-state index is 12.6. The van der Waals surface area contributed by atoms with E-state index in [1.807, 2.05) is 35.4 Å². The second kappa shape index (κ2) is 5.72. The van der Waals surface area contributed by atoms with Crippen molar-refractivity contribution in [3.8, 4) is 0 Å². The van der Waals surface area contributed by atoms with Crippen LogP contribution in [0.2, 0.25) is 0 Å². The molecule has 1 unspecified atom stereocenters. The van der Waals surface area contributed by atoms with E-state index in [0.29, 0.717) is 0 Å². The van der Waals surface area contributed by atoms with Crippen LogP contribution in [0.15, 0.2) is 24.3 Å². The molecule has 3 rings (SSSR count). The van der Waals surface area contributed by atoms with Gasteiger partial charge < -0.3 is 10.2 Å². The molecule has 112 valence electrons. The van der Waals surface area contributed by atoms with Crippen molar-refractivity contribution in [3.63, 3.8) is 0 Å². The Kier molecular flexibility index (Phi) is 3.93. The van der Waals surface area contributed by atoms with Crippen molar-refractivity contribution in [1.82, 2.24) is 4.90 Å². The van der Waals surface area contributed by atoms with Crippen molar-refractivity contribution in [2.75, 3.05) is 24.7 Å². The van der Waals surface area contributed by atoms with Crippen LogP contribution in [0, 0.1) is 0 Å². The number of anilines is 1. The molecule has 2 heterocycles. The van der Waals surface area contributed by atoms with Crippen molar-refractivity contribution >= 4 is 29.3 Å². The lowest BCUT2D eigenvalue weighted by Crippen LogP contribution is -2.41. The number of rotatable bonds is 3. The van der Waals surface area contributed by atoms with Gasteiger partial charge in [-0.3, -0.25) is 9.59 Å². The number of amides is 2. The minimum Gasteiger partial charge on any atom is -0.343 e. The first kappa shape index (κ1) is 14.4. The molecule has 4 nitrogen and oxygen atoms in total. The number of piperidine rings is 1. The third-order valence-electron chi connectivity index (χ3n) is 4.43. The third kappa shape index (κ3) is 2.44. The topological polar surface area (TPSA) is 49.4 Å². The van der Waals surface area contributed by atoms with Crippen molar-refractivity contribution in [1.29, 1.82) is 0 Å². The number of likely N-dealkylation sites (tertiary alicyclic amines) is 1. The highest BCUT2D eigenvalue weighted by molar-refractivity contribution is 8.00. The van der Waals surface area contributed by atoms with Crippen molar-refractivity contribution in [2.24, 2.45) is 0 Å². The Morgan fingerprint density at radius 2 is 2.00 bits per heavy atom. The van der Waals surface area contributed by atoms with Crippen molar-refractivity contribution in [3.05, 3.63) is 29.8 Å². The molecular formula is C16H20N2O2S. The molecule has 0 bridgehead atoms. The van der Waals surface area contributed by atoms with E-state index < -0.39 is 4.75 Å². The summed E-state index contributed by atoms with van der Waals surface area (Å²) in [5, 5.41) is 2.92. The summed E-state index contributed by atoms with van der Waals surface area (Å²) < 4.78 is -0.773. The summed E-state index contributed by atoms with van der Waals surface area (Å²) in [6.45, 7) is 1.65. The Hall–Kier alpha value is -1.49. The van der Waals surface area contributed by atoms with Crippen LogP contribution >= 0.6 is 11.8 Å². The highest BCUT2D eigenvalue weighted by Gasteiger charge is 2.48. The molecule has 1 aromatic carbocycles. The molecule has 2 amide bonds. The number of para-hydroxylation sites is 1. The number of fused-ring (bicyclic) bond motifs is 1. The normalized spacial score (nSPS) is 24.6. The van der Waals surface area contributed by atoms with Crippen LogP contribution in [0.3, 0.4) is 0 Å². The highest BCUT2D eigenvalue weighted by atomic mass is 32.2. The molecule has 1 N–H and O–H groups in total. The van der Waals surface area contributed by atoms with Gasteiger partial charge in [0.15, 0.2) is 0 Å². The number of carbonyl (C=O) groups excluding carboxylic acids is 2. The number of hydrogen-bond acceptors (Lipinski definition) is 3. The molecule has 2 aliphatic heterocycles. The molecular weight excluding hydrogens is 284 g/mol. The molecule has 2 aliphatic rings. The lowest BCUT2D eigenvalue weighted by atomic mass is 9.95. The summed E-state index contributed by atoms with van der Waals surface area (Å²) in [6.07, 6.45) is 5.49. The van der Waals surface area contributed by atoms with Crippen LogP contribution in [0.4, 0.5) is 5.69 Å². The van der Waals surface area contributed by atoms with E-state index in [1.165, 1.54) is 18.2 Å². The minimum absolute atomic E-state index is 0.0680. The number of thioether (sulfide) groups is 1.